The van der Waals surface area contributed by atoms with Gasteiger partial charge in [0.05, 0.1) is 21.1 Å². The maximum Gasteiger partial charge on any atom is 0.485 e. The lowest BCUT2D eigenvalue weighted by atomic mass is 10.4. The summed E-state index contributed by atoms with van der Waals surface area (Å²) in [6.45, 7) is 0. The van der Waals surface area contributed by atoms with Gasteiger partial charge >= 0.3 is 5.51 Å². The van der Waals surface area contributed by atoms with E-state index in [4.69, 9.17) is 13.0 Å². The second-order valence-electron chi connectivity index (χ2n) is 4.10. The zero-order chi connectivity index (χ0) is 14.6. The smallest absolute Gasteiger partial charge is 0.485 e. The molecule has 0 amide bonds. The van der Waals surface area contributed by atoms with Crippen LogP contribution in [0.5, 0.6) is 0 Å². The van der Waals surface area contributed by atoms with Crippen LogP contribution < -0.4 is 4.48 Å². The Morgan fingerprint density at radius 3 is 1.83 bits per heavy atom. The van der Waals surface area contributed by atoms with Crippen molar-refractivity contribution in [1.82, 2.24) is 9.47 Å². The van der Waals surface area contributed by atoms with Gasteiger partial charge in [0, 0.05) is 12.3 Å². The van der Waals surface area contributed by atoms with E-state index >= 15 is 0 Å². The SMILES string of the molecule is C[N+](C)(C)c1ccccn1.O=S(=O)([O-])C(F)(F)F. The molecular weight excluding hydrogens is 273 g/mol. The van der Waals surface area contributed by atoms with Gasteiger partial charge < -0.3 is 4.55 Å². The number of hydrogen-bond acceptors (Lipinski definition) is 4. The van der Waals surface area contributed by atoms with Crippen molar-refractivity contribution in [2.75, 3.05) is 21.1 Å². The van der Waals surface area contributed by atoms with Gasteiger partial charge in [0.15, 0.2) is 10.1 Å². The summed E-state index contributed by atoms with van der Waals surface area (Å²) in [5.74, 6) is 1.09. The number of alkyl halides is 3. The van der Waals surface area contributed by atoms with Crippen molar-refractivity contribution in [3.05, 3.63) is 24.4 Å². The van der Waals surface area contributed by atoms with Crippen molar-refractivity contribution in [3.63, 3.8) is 0 Å². The van der Waals surface area contributed by atoms with Crippen LogP contribution in [0.3, 0.4) is 0 Å². The molecule has 0 aliphatic carbocycles. The molecule has 0 aliphatic rings. The quantitative estimate of drug-likeness (QED) is 0.443. The number of quaternary nitrogens is 1. The average Bonchev–Trinajstić information content (AvgIpc) is 2.15. The lowest BCUT2D eigenvalue weighted by Crippen LogP contribution is -2.35. The van der Waals surface area contributed by atoms with Crippen molar-refractivity contribution in [1.29, 1.82) is 0 Å². The van der Waals surface area contributed by atoms with Gasteiger partial charge in [-0.2, -0.15) is 13.2 Å². The predicted molar refractivity (Wildman–Crippen MR) is 59.6 cm³/mol. The Hall–Kier alpha value is -1.19. The number of hydrogen-bond donors (Lipinski definition) is 0. The van der Waals surface area contributed by atoms with Gasteiger partial charge in [-0.15, -0.1) is 0 Å². The van der Waals surface area contributed by atoms with Gasteiger partial charge in [-0.1, -0.05) is 6.07 Å². The number of aromatic nitrogens is 1. The Balaban J connectivity index is 0.000000331. The van der Waals surface area contributed by atoms with Crippen molar-refractivity contribution in [2.24, 2.45) is 0 Å². The molecule has 0 atom stereocenters. The van der Waals surface area contributed by atoms with Crippen LogP contribution in [0.15, 0.2) is 24.4 Å². The summed E-state index contributed by atoms with van der Waals surface area (Å²) in [5.41, 5.74) is -5.65. The van der Waals surface area contributed by atoms with E-state index < -0.39 is 15.6 Å². The highest BCUT2D eigenvalue weighted by atomic mass is 32.2. The Labute approximate surface area is 103 Å². The van der Waals surface area contributed by atoms with Gasteiger partial charge in [-0.25, -0.2) is 13.4 Å². The molecule has 18 heavy (non-hydrogen) atoms. The van der Waals surface area contributed by atoms with E-state index in [1.807, 2.05) is 24.4 Å². The van der Waals surface area contributed by atoms with Crippen LogP contribution in [-0.2, 0) is 10.1 Å². The zero-order valence-electron chi connectivity index (χ0n) is 9.97. The second-order valence-corrected chi connectivity index (χ2v) is 5.47. The third kappa shape index (κ3) is 5.94. The summed E-state index contributed by atoms with van der Waals surface area (Å²) >= 11 is 0. The molecule has 0 saturated heterocycles. The topological polar surface area (TPSA) is 70.1 Å². The molecule has 0 bridgehead atoms. The molecule has 104 valence electrons. The van der Waals surface area contributed by atoms with Gasteiger partial charge in [0.1, 0.15) is 0 Å². The van der Waals surface area contributed by atoms with E-state index in [2.05, 4.69) is 26.1 Å². The highest BCUT2D eigenvalue weighted by Crippen LogP contribution is 2.20. The van der Waals surface area contributed by atoms with Gasteiger partial charge in [0.2, 0.25) is 5.82 Å². The van der Waals surface area contributed by atoms with Crippen LogP contribution in [-0.4, -0.2) is 44.6 Å². The minimum absolute atomic E-state index is 0.779. The molecule has 1 aromatic rings. The minimum Gasteiger partial charge on any atom is -0.741 e. The van der Waals surface area contributed by atoms with Crippen LogP contribution >= 0.6 is 0 Å². The van der Waals surface area contributed by atoms with Crippen LogP contribution in [0, 0.1) is 0 Å². The largest absolute Gasteiger partial charge is 0.741 e. The molecule has 1 aromatic heterocycles. The van der Waals surface area contributed by atoms with E-state index in [1.165, 1.54) is 0 Å². The summed E-state index contributed by atoms with van der Waals surface area (Å²) in [4.78, 5) is 4.22. The number of halogens is 3. The van der Waals surface area contributed by atoms with Crippen molar-refractivity contribution in [2.45, 2.75) is 5.51 Å². The normalized spacial score (nSPS) is 12.6. The molecule has 9 heteroatoms. The highest BCUT2D eigenvalue weighted by Gasteiger charge is 2.36. The first-order valence-electron chi connectivity index (χ1n) is 4.61. The summed E-state index contributed by atoms with van der Waals surface area (Å²) in [5, 5.41) is 0. The third-order valence-electron chi connectivity index (χ3n) is 1.62. The molecule has 0 aromatic carbocycles. The first-order valence-corrected chi connectivity index (χ1v) is 6.02. The fourth-order valence-electron chi connectivity index (χ4n) is 0.751. The lowest BCUT2D eigenvalue weighted by molar-refractivity contribution is -0.0517. The number of pyridine rings is 1. The number of rotatable bonds is 1. The molecule has 0 saturated carbocycles. The predicted octanol–water partition coefficient (Wildman–Crippen LogP) is 1.33. The molecule has 0 radical (unpaired) electrons. The maximum atomic E-state index is 10.7. The second kappa shape index (κ2) is 5.63. The molecular formula is C9H13F3N2O3S. The van der Waals surface area contributed by atoms with Crippen LogP contribution in [0.25, 0.3) is 0 Å². The van der Waals surface area contributed by atoms with E-state index in [-0.39, 0.29) is 0 Å². The summed E-state index contributed by atoms with van der Waals surface area (Å²) in [7, 11) is 0.208. The molecule has 0 aliphatic heterocycles. The standard InChI is InChI=1S/C8H13N2.CHF3O3S/c1-10(2,3)8-6-4-5-7-9-8;2-1(3,4)8(5,6)7/h4-7H,1-3H3;(H,5,6,7)/q+1;/p-1. The highest BCUT2D eigenvalue weighted by molar-refractivity contribution is 7.86. The van der Waals surface area contributed by atoms with E-state index in [0.29, 0.717) is 0 Å². The number of nitrogens with zero attached hydrogens (tertiary/aromatic N) is 2. The van der Waals surface area contributed by atoms with Crippen molar-refractivity contribution in [3.8, 4) is 0 Å². The molecule has 0 spiro atoms. The van der Waals surface area contributed by atoms with Gasteiger partial charge in [-0.3, -0.25) is 4.48 Å². The van der Waals surface area contributed by atoms with E-state index in [9.17, 15) is 13.2 Å². The van der Waals surface area contributed by atoms with Crippen molar-refractivity contribution >= 4 is 15.9 Å². The molecule has 0 N–H and O–H groups in total. The summed E-state index contributed by atoms with van der Waals surface area (Å²) < 4.78 is 59.7. The first kappa shape index (κ1) is 16.8. The average molecular weight is 286 g/mol. The fourth-order valence-corrected chi connectivity index (χ4v) is 0.751. The Bertz CT molecular complexity index is 466. The third-order valence-corrected chi connectivity index (χ3v) is 2.19. The fraction of sp³-hybridized carbons (Fsp3) is 0.444. The molecule has 0 unspecified atom stereocenters. The van der Waals surface area contributed by atoms with Crippen LogP contribution in [0.2, 0.25) is 0 Å². The van der Waals surface area contributed by atoms with Crippen LogP contribution in [0.4, 0.5) is 19.0 Å². The summed E-state index contributed by atoms with van der Waals surface area (Å²) in [6.07, 6.45) is 1.82. The zero-order valence-corrected chi connectivity index (χ0v) is 10.8. The van der Waals surface area contributed by atoms with Crippen molar-refractivity contribution < 1.29 is 26.1 Å². The van der Waals surface area contributed by atoms with Crippen LogP contribution in [0.1, 0.15) is 0 Å². The minimum atomic E-state index is -6.09. The monoisotopic (exact) mass is 286 g/mol. The van der Waals surface area contributed by atoms with Gasteiger partial charge in [-0.05, 0) is 6.07 Å². The van der Waals surface area contributed by atoms with E-state index in [1.54, 1.807) is 0 Å². The first-order chi connectivity index (χ1) is 7.86. The summed E-state index contributed by atoms with van der Waals surface area (Å²) in [6, 6.07) is 5.96. The molecule has 5 nitrogen and oxygen atoms in total. The van der Waals surface area contributed by atoms with E-state index in [0.717, 1.165) is 10.3 Å². The molecule has 1 heterocycles. The lowest BCUT2D eigenvalue weighted by Gasteiger charge is -2.21. The molecule has 0 fully saturated rings. The Kier molecular flexibility index (Phi) is 5.26. The molecule has 1 rings (SSSR count). The maximum absolute atomic E-state index is 10.7. The Morgan fingerprint density at radius 2 is 1.67 bits per heavy atom. The Morgan fingerprint density at radius 1 is 1.22 bits per heavy atom. The van der Waals surface area contributed by atoms with Gasteiger partial charge in [0.25, 0.3) is 0 Å².